The summed E-state index contributed by atoms with van der Waals surface area (Å²) < 4.78 is 0. The van der Waals surface area contributed by atoms with Crippen molar-refractivity contribution < 1.29 is 9.90 Å². The molecule has 0 atom stereocenters. The predicted molar refractivity (Wildman–Crippen MR) is 98.8 cm³/mol. The first-order valence-corrected chi connectivity index (χ1v) is 7.93. The Morgan fingerprint density at radius 2 is 1.88 bits per heavy atom. The Balaban J connectivity index is 1.75. The minimum absolute atomic E-state index is 0.467. The molecule has 2 heterocycles. The summed E-state index contributed by atoms with van der Waals surface area (Å²) in [6.45, 7) is 3.21. The van der Waals surface area contributed by atoms with E-state index < -0.39 is 12.5 Å². The van der Waals surface area contributed by atoms with E-state index in [0.29, 0.717) is 23.1 Å². The van der Waals surface area contributed by atoms with Crippen LogP contribution in [0.1, 0.15) is 11.3 Å². The van der Waals surface area contributed by atoms with E-state index in [1.54, 1.807) is 18.5 Å². The zero-order valence-corrected chi connectivity index (χ0v) is 14.4. The van der Waals surface area contributed by atoms with Gasteiger partial charge in [0.2, 0.25) is 5.91 Å². The number of rotatable bonds is 6. The number of carbonyl (C=O) groups excluding carboxylic acids is 1. The van der Waals surface area contributed by atoms with Crippen LogP contribution in [0.4, 0.5) is 28.8 Å². The van der Waals surface area contributed by atoms with Crippen LogP contribution >= 0.6 is 0 Å². The predicted octanol–water partition coefficient (Wildman–Crippen LogP) is 2.23. The lowest BCUT2D eigenvalue weighted by molar-refractivity contribution is -0.118. The third kappa shape index (κ3) is 4.33. The Bertz CT molecular complexity index is 923. The molecule has 9 heteroatoms. The second kappa shape index (κ2) is 7.62. The molecular formula is C17H19N7O2. The Morgan fingerprint density at radius 3 is 2.58 bits per heavy atom. The number of aliphatic hydroxyl groups excluding tert-OH is 1. The largest absolute Gasteiger partial charge is 0.387 e. The molecular weight excluding hydrogens is 334 g/mol. The lowest BCUT2D eigenvalue weighted by Gasteiger charge is -2.11. The molecule has 0 aliphatic rings. The van der Waals surface area contributed by atoms with Gasteiger partial charge in [-0.3, -0.25) is 14.9 Å². The van der Waals surface area contributed by atoms with Gasteiger partial charge in [0.1, 0.15) is 6.61 Å². The molecule has 0 fully saturated rings. The van der Waals surface area contributed by atoms with Gasteiger partial charge in [0.25, 0.3) is 0 Å². The molecule has 134 valence electrons. The number of hydrogen-bond donors (Lipinski definition) is 5. The average Bonchev–Trinajstić information content (AvgIpc) is 3.03. The van der Waals surface area contributed by atoms with Crippen LogP contribution < -0.4 is 16.0 Å². The van der Waals surface area contributed by atoms with Crippen LogP contribution in [0.25, 0.3) is 0 Å². The Kier molecular flexibility index (Phi) is 5.09. The first-order valence-electron chi connectivity index (χ1n) is 7.93. The van der Waals surface area contributed by atoms with Crippen molar-refractivity contribution in [3.63, 3.8) is 0 Å². The molecule has 3 rings (SSSR count). The number of H-pyrrole nitrogens is 1. The number of nitrogens with one attached hydrogen (secondary N) is 4. The van der Waals surface area contributed by atoms with Crippen LogP contribution in [0.15, 0.2) is 36.7 Å². The molecule has 1 aromatic carbocycles. The number of aliphatic hydroxyl groups is 1. The van der Waals surface area contributed by atoms with Crippen molar-refractivity contribution in [1.82, 2.24) is 20.2 Å². The maximum absolute atomic E-state index is 11.4. The van der Waals surface area contributed by atoms with Crippen molar-refractivity contribution in [1.29, 1.82) is 0 Å². The fraction of sp³-hybridized carbons (Fsp3) is 0.176. The van der Waals surface area contributed by atoms with Crippen LogP contribution in [0.2, 0.25) is 0 Å². The summed E-state index contributed by atoms with van der Waals surface area (Å²) in [5, 5.41) is 24.7. The first-order chi connectivity index (χ1) is 12.5. The van der Waals surface area contributed by atoms with Gasteiger partial charge in [0, 0.05) is 23.1 Å². The minimum atomic E-state index is -0.567. The molecule has 0 unspecified atom stereocenters. The van der Waals surface area contributed by atoms with Crippen LogP contribution in [0, 0.1) is 13.8 Å². The van der Waals surface area contributed by atoms with Gasteiger partial charge in [-0.2, -0.15) is 5.10 Å². The van der Waals surface area contributed by atoms with E-state index in [1.807, 2.05) is 32.0 Å². The van der Waals surface area contributed by atoms with E-state index in [9.17, 15) is 4.79 Å². The molecule has 2 aromatic heterocycles. The molecule has 0 aliphatic carbocycles. The average molecular weight is 353 g/mol. The zero-order chi connectivity index (χ0) is 18.5. The number of hydrogen-bond acceptors (Lipinski definition) is 7. The highest BCUT2D eigenvalue weighted by molar-refractivity contribution is 5.92. The second-order valence-electron chi connectivity index (χ2n) is 5.71. The topological polar surface area (TPSA) is 128 Å². The minimum Gasteiger partial charge on any atom is -0.387 e. The molecule has 9 nitrogen and oxygen atoms in total. The fourth-order valence-corrected chi connectivity index (χ4v) is 2.27. The van der Waals surface area contributed by atoms with E-state index in [0.717, 1.165) is 16.9 Å². The number of aryl methyl sites for hydroxylation is 2. The maximum Gasteiger partial charge on any atom is 0.250 e. The van der Waals surface area contributed by atoms with Crippen molar-refractivity contribution in [3.8, 4) is 0 Å². The van der Waals surface area contributed by atoms with Gasteiger partial charge in [-0.1, -0.05) is 6.07 Å². The maximum atomic E-state index is 11.4. The van der Waals surface area contributed by atoms with E-state index in [2.05, 4.69) is 36.1 Å². The number of carbonyl (C=O) groups is 1. The van der Waals surface area contributed by atoms with Gasteiger partial charge in [0.05, 0.1) is 12.4 Å². The molecule has 26 heavy (non-hydrogen) atoms. The number of benzene rings is 1. The first kappa shape index (κ1) is 17.4. The third-order valence-corrected chi connectivity index (χ3v) is 3.52. The molecule has 0 saturated heterocycles. The number of nitrogens with zero attached hydrogens (tertiary/aromatic N) is 3. The van der Waals surface area contributed by atoms with Gasteiger partial charge >= 0.3 is 0 Å². The van der Waals surface area contributed by atoms with Gasteiger partial charge in [-0.05, 0) is 31.5 Å². The SMILES string of the molecule is Cc1cc(Nc2cncc(Nc3ccc(C)c(NC(=O)CO)c3)n2)n[nH]1. The lowest BCUT2D eigenvalue weighted by Crippen LogP contribution is -2.16. The summed E-state index contributed by atoms with van der Waals surface area (Å²) in [6.07, 6.45) is 3.18. The molecule has 0 aliphatic heterocycles. The Labute approximate surface area is 149 Å². The summed E-state index contributed by atoms with van der Waals surface area (Å²) in [6, 6.07) is 7.35. The second-order valence-corrected chi connectivity index (χ2v) is 5.71. The lowest BCUT2D eigenvalue weighted by atomic mass is 10.1. The summed E-state index contributed by atoms with van der Waals surface area (Å²) in [5.41, 5.74) is 3.16. The van der Waals surface area contributed by atoms with Gasteiger partial charge in [-0.15, -0.1) is 0 Å². The zero-order valence-electron chi connectivity index (χ0n) is 14.4. The molecule has 0 saturated carbocycles. The fourth-order valence-electron chi connectivity index (χ4n) is 2.27. The number of amides is 1. The summed E-state index contributed by atoms with van der Waals surface area (Å²) in [4.78, 5) is 20.0. The highest BCUT2D eigenvalue weighted by atomic mass is 16.3. The number of aromatic amines is 1. The number of anilines is 5. The van der Waals surface area contributed by atoms with E-state index in [4.69, 9.17) is 5.11 Å². The summed E-state index contributed by atoms with van der Waals surface area (Å²) >= 11 is 0. The molecule has 5 N–H and O–H groups in total. The van der Waals surface area contributed by atoms with Crippen LogP contribution in [0.5, 0.6) is 0 Å². The Hall–Kier alpha value is -3.46. The van der Waals surface area contributed by atoms with E-state index in [1.165, 1.54) is 0 Å². The molecule has 3 aromatic rings. The van der Waals surface area contributed by atoms with Crippen molar-refractivity contribution in [3.05, 3.63) is 47.9 Å². The molecule has 0 spiro atoms. The number of aromatic nitrogens is 4. The smallest absolute Gasteiger partial charge is 0.250 e. The summed E-state index contributed by atoms with van der Waals surface area (Å²) in [5.74, 6) is 1.26. The normalized spacial score (nSPS) is 10.4. The highest BCUT2D eigenvalue weighted by Gasteiger charge is 2.06. The van der Waals surface area contributed by atoms with Crippen molar-refractivity contribution >= 4 is 34.7 Å². The van der Waals surface area contributed by atoms with Gasteiger partial charge in [0.15, 0.2) is 17.5 Å². The van der Waals surface area contributed by atoms with E-state index >= 15 is 0 Å². The monoisotopic (exact) mass is 353 g/mol. The van der Waals surface area contributed by atoms with Crippen molar-refractivity contribution in [2.75, 3.05) is 22.6 Å². The third-order valence-electron chi connectivity index (χ3n) is 3.52. The molecule has 1 amide bonds. The van der Waals surface area contributed by atoms with Gasteiger partial charge < -0.3 is 21.1 Å². The quantitative estimate of drug-likeness (QED) is 0.460. The standard InChI is InChI=1S/C17H19N7O2/c1-10-3-4-12(6-13(10)20-17(26)9-25)19-15-7-18-8-16(22-15)21-14-5-11(2)23-24-14/h3-8,25H,9H2,1-2H3,(H,20,26)(H3,19,21,22,23,24). The van der Waals surface area contributed by atoms with Crippen LogP contribution in [-0.4, -0.2) is 37.8 Å². The molecule has 0 bridgehead atoms. The van der Waals surface area contributed by atoms with Crippen LogP contribution in [-0.2, 0) is 4.79 Å². The summed E-state index contributed by atoms with van der Waals surface area (Å²) in [7, 11) is 0. The van der Waals surface area contributed by atoms with Crippen LogP contribution in [0.3, 0.4) is 0 Å². The Morgan fingerprint density at radius 1 is 1.12 bits per heavy atom. The van der Waals surface area contributed by atoms with Crippen molar-refractivity contribution in [2.45, 2.75) is 13.8 Å². The van der Waals surface area contributed by atoms with Gasteiger partial charge in [-0.25, -0.2) is 4.98 Å². The van der Waals surface area contributed by atoms with E-state index in [-0.39, 0.29) is 0 Å². The highest BCUT2D eigenvalue weighted by Crippen LogP contribution is 2.23. The van der Waals surface area contributed by atoms with Crippen molar-refractivity contribution in [2.24, 2.45) is 0 Å². The molecule has 0 radical (unpaired) electrons.